The highest BCUT2D eigenvalue weighted by Crippen LogP contribution is 1.90. The van der Waals surface area contributed by atoms with E-state index in [2.05, 4.69) is 11.4 Å². The molecular weight excluding hydrogens is 154 g/mol. The Hall–Kier alpha value is -0.830. The van der Waals surface area contributed by atoms with Crippen LogP contribution in [0.4, 0.5) is 0 Å². The van der Waals surface area contributed by atoms with Gasteiger partial charge in [-0.1, -0.05) is 6.58 Å². The Morgan fingerprint density at radius 1 is 1.80 bits per heavy atom. The van der Waals surface area contributed by atoms with E-state index in [-0.39, 0.29) is 0 Å². The SMILES string of the molecule is C=C(C)C(=O)O[N+](C)=CCl. The molecular formula is C6H9ClNO2+. The molecule has 0 N–H and O–H groups in total. The van der Waals surface area contributed by atoms with Crippen LogP contribution >= 0.6 is 11.6 Å². The maximum Gasteiger partial charge on any atom is 0.405 e. The van der Waals surface area contributed by atoms with Gasteiger partial charge in [-0.25, -0.2) is 4.79 Å². The minimum atomic E-state index is -0.487. The molecule has 0 atom stereocenters. The molecule has 0 aliphatic carbocycles. The second kappa shape index (κ2) is 4.06. The predicted molar refractivity (Wildman–Crippen MR) is 39.0 cm³/mol. The summed E-state index contributed by atoms with van der Waals surface area (Å²) in [4.78, 5) is 15.2. The first-order valence-corrected chi connectivity index (χ1v) is 3.05. The second-order valence-electron chi connectivity index (χ2n) is 1.80. The summed E-state index contributed by atoms with van der Waals surface area (Å²) < 4.78 is 1.10. The maximum absolute atomic E-state index is 10.7. The fourth-order valence-electron chi connectivity index (χ4n) is 0.229. The van der Waals surface area contributed by atoms with Crippen LogP contribution in [-0.4, -0.2) is 23.4 Å². The maximum atomic E-state index is 10.7. The van der Waals surface area contributed by atoms with Crippen LogP contribution in [0.2, 0.25) is 0 Å². The Balaban J connectivity index is 3.93. The van der Waals surface area contributed by atoms with Crippen LogP contribution in [0.15, 0.2) is 12.2 Å². The molecule has 0 bridgehead atoms. The first-order valence-electron chi connectivity index (χ1n) is 2.62. The molecule has 0 rings (SSSR count). The van der Waals surface area contributed by atoms with Gasteiger partial charge < -0.3 is 0 Å². The van der Waals surface area contributed by atoms with Crippen LogP contribution in [0.25, 0.3) is 0 Å². The zero-order chi connectivity index (χ0) is 8.15. The molecule has 10 heavy (non-hydrogen) atoms. The fraction of sp³-hybridized carbons (Fsp3) is 0.333. The average Bonchev–Trinajstić information content (AvgIpc) is 1.87. The van der Waals surface area contributed by atoms with Gasteiger partial charge in [-0.2, -0.15) is 4.84 Å². The lowest BCUT2D eigenvalue weighted by atomic mass is 10.4. The van der Waals surface area contributed by atoms with E-state index in [4.69, 9.17) is 11.6 Å². The third-order valence-corrected chi connectivity index (χ3v) is 0.988. The van der Waals surface area contributed by atoms with E-state index in [1.54, 1.807) is 6.92 Å². The van der Waals surface area contributed by atoms with Crippen LogP contribution in [-0.2, 0) is 9.63 Å². The van der Waals surface area contributed by atoms with Crippen molar-refractivity contribution in [2.75, 3.05) is 7.05 Å². The molecule has 0 aromatic heterocycles. The van der Waals surface area contributed by atoms with Crippen LogP contribution in [0.5, 0.6) is 0 Å². The number of halogens is 1. The molecule has 0 spiro atoms. The van der Waals surface area contributed by atoms with Gasteiger partial charge in [-0.05, 0) is 23.3 Å². The average molecular weight is 163 g/mol. The number of hydrogen-bond donors (Lipinski definition) is 0. The summed E-state index contributed by atoms with van der Waals surface area (Å²) in [5, 5.41) is 0. The number of carbonyl (C=O) groups is 1. The molecule has 0 aliphatic rings. The normalized spacial score (nSPS) is 10.9. The number of hydrogen-bond acceptors (Lipinski definition) is 2. The van der Waals surface area contributed by atoms with Crippen molar-refractivity contribution in [2.45, 2.75) is 6.92 Å². The molecule has 0 unspecified atom stereocenters. The molecule has 0 aromatic rings. The second-order valence-corrected chi connectivity index (χ2v) is 2.00. The molecule has 0 amide bonds. The molecule has 56 valence electrons. The van der Waals surface area contributed by atoms with Crippen molar-refractivity contribution < 1.29 is 14.4 Å². The lowest BCUT2D eigenvalue weighted by Crippen LogP contribution is -2.13. The van der Waals surface area contributed by atoms with E-state index in [1.807, 2.05) is 0 Å². The Morgan fingerprint density at radius 2 is 2.30 bits per heavy atom. The van der Waals surface area contributed by atoms with Gasteiger partial charge >= 0.3 is 5.97 Å². The van der Waals surface area contributed by atoms with Gasteiger partial charge in [0.2, 0.25) is 0 Å². The predicted octanol–water partition coefficient (Wildman–Crippen LogP) is 0.930. The highest BCUT2D eigenvalue weighted by molar-refractivity contribution is 6.54. The Morgan fingerprint density at radius 3 is 2.60 bits per heavy atom. The van der Waals surface area contributed by atoms with Crippen molar-refractivity contribution in [1.82, 2.24) is 0 Å². The number of hydroxylamine groups is 1. The molecule has 0 aromatic carbocycles. The number of carbonyl (C=O) groups excluding carboxylic acids is 1. The van der Waals surface area contributed by atoms with E-state index in [1.165, 1.54) is 7.05 Å². The van der Waals surface area contributed by atoms with Crippen LogP contribution < -0.4 is 0 Å². The molecule has 0 fully saturated rings. The van der Waals surface area contributed by atoms with E-state index in [0.29, 0.717) is 5.57 Å². The lowest BCUT2D eigenvalue weighted by Gasteiger charge is -1.92. The topological polar surface area (TPSA) is 29.3 Å². The summed E-state index contributed by atoms with van der Waals surface area (Å²) in [5.74, 6) is -0.487. The third kappa shape index (κ3) is 3.25. The van der Waals surface area contributed by atoms with Crippen LogP contribution in [0.3, 0.4) is 0 Å². The third-order valence-electron chi connectivity index (χ3n) is 0.713. The summed E-state index contributed by atoms with van der Waals surface area (Å²) >= 11 is 5.19. The summed E-state index contributed by atoms with van der Waals surface area (Å²) in [7, 11) is 1.51. The fourth-order valence-corrected chi connectivity index (χ4v) is 0.268. The van der Waals surface area contributed by atoms with E-state index < -0.39 is 5.97 Å². The van der Waals surface area contributed by atoms with Crippen molar-refractivity contribution in [1.29, 1.82) is 0 Å². The van der Waals surface area contributed by atoms with Crippen molar-refractivity contribution >= 4 is 23.2 Å². The first-order chi connectivity index (χ1) is 4.57. The minimum Gasteiger partial charge on any atom is -0.239 e. The van der Waals surface area contributed by atoms with Crippen molar-refractivity contribution in [3.63, 3.8) is 0 Å². The smallest absolute Gasteiger partial charge is 0.239 e. The Kier molecular flexibility index (Phi) is 3.72. The molecule has 3 nitrogen and oxygen atoms in total. The van der Waals surface area contributed by atoms with Gasteiger partial charge in [0.15, 0.2) is 7.05 Å². The quantitative estimate of drug-likeness (QED) is 0.199. The first kappa shape index (κ1) is 9.17. The van der Waals surface area contributed by atoms with E-state index in [0.717, 1.165) is 10.4 Å². The molecule has 4 heteroatoms. The van der Waals surface area contributed by atoms with Gasteiger partial charge in [0, 0.05) is 5.57 Å². The van der Waals surface area contributed by atoms with Gasteiger partial charge in [-0.15, -0.1) is 0 Å². The highest BCUT2D eigenvalue weighted by Gasteiger charge is 2.08. The molecule has 0 aliphatic heterocycles. The van der Waals surface area contributed by atoms with Gasteiger partial charge in [-0.3, -0.25) is 0 Å². The molecule has 0 heterocycles. The number of rotatable bonds is 2. The molecule has 0 saturated heterocycles. The van der Waals surface area contributed by atoms with Gasteiger partial charge in [0.25, 0.3) is 5.67 Å². The van der Waals surface area contributed by atoms with E-state index in [9.17, 15) is 4.79 Å². The van der Waals surface area contributed by atoms with Crippen LogP contribution in [0, 0.1) is 0 Å². The Bertz CT molecular complexity index is 186. The van der Waals surface area contributed by atoms with Crippen molar-refractivity contribution in [3.8, 4) is 0 Å². The summed E-state index contributed by atoms with van der Waals surface area (Å²) in [5.41, 5.74) is 1.45. The van der Waals surface area contributed by atoms with Crippen molar-refractivity contribution in [2.24, 2.45) is 0 Å². The number of nitrogens with zero attached hydrogens (tertiary/aromatic N) is 1. The minimum absolute atomic E-state index is 0.338. The zero-order valence-corrected chi connectivity index (χ0v) is 6.68. The standard InChI is InChI=1S/C6H9ClNO2/c1-5(2)6(9)10-8(3)4-7/h4H,1H2,2-3H3/q+1. The largest absolute Gasteiger partial charge is 0.405 e. The van der Waals surface area contributed by atoms with Gasteiger partial charge in [0.1, 0.15) is 0 Å². The Labute approximate surface area is 64.5 Å². The summed E-state index contributed by atoms with van der Waals surface area (Å²) in [6.07, 6.45) is 0. The van der Waals surface area contributed by atoms with Crippen LogP contribution in [0.1, 0.15) is 6.92 Å². The van der Waals surface area contributed by atoms with Crippen molar-refractivity contribution in [3.05, 3.63) is 12.2 Å². The summed E-state index contributed by atoms with van der Waals surface area (Å²) in [6, 6.07) is 0. The van der Waals surface area contributed by atoms with E-state index >= 15 is 0 Å². The highest BCUT2D eigenvalue weighted by atomic mass is 35.5. The monoisotopic (exact) mass is 162 g/mol. The van der Waals surface area contributed by atoms with Gasteiger partial charge in [0.05, 0.1) is 0 Å². The summed E-state index contributed by atoms with van der Waals surface area (Å²) in [6.45, 7) is 4.94. The molecule has 0 radical (unpaired) electrons. The lowest BCUT2D eigenvalue weighted by molar-refractivity contribution is -0.735. The zero-order valence-electron chi connectivity index (χ0n) is 5.93. The molecule has 0 saturated carbocycles.